The summed E-state index contributed by atoms with van der Waals surface area (Å²) >= 11 is 0. The molecule has 2 aromatic rings. The predicted octanol–water partition coefficient (Wildman–Crippen LogP) is 5.19. The third kappa shape index (κ3) is 4.56. The Kier molecular flexibility index (Phi) is 5.65. The van der Waals surface area contributed by atoms with Crippen molar-refractivity contribution < 1.29 is 0 Å². The van der Waals surface area contributed by atoms with Gasteiger partial charge in [0, 0.05) is 12.1 Å². The van der Waals surface area contributed by atoms with E-state index < -0.39 is 0 Å². The molecule has 0 saturated carbocycles. The van der Waals surface area contributed by atoms with Gasteiger partial charge in [-0.15, -0.1) is 0 Å². The maximum atomic E-state index is 2.59. The van der Waals surface area contributed by atoms with E-state index in [1.165, 1.54) is 43.2 Å². The number of likely N-dealkylation sites (tertiary alicyclic amines) is 1. The van der Waals surface area contributed by atoms with E-state index in [1.54, 1.807) is 0 Å². The highest BCUT2D eigenvalue weighted by Gasteiger charge is 2.25. The van der Waals surface area contributed by atoms with Gasteiger partial charge in [0.25, 0.3) is 0 Å². The Labute approximate surface area is 140 Å². The van der Waals surface area contributed by atoms with Crippen LogP contribution in [-0.4, -0.2) is 24.0 Å². The molecule has 0 aromatic heterocycles. The minimum atomic E-state index is 0.574. The first kappa shape index (κ1) is 16.0. The zero-order valence-electron chi connectivity index (χ0n) is 14.1. The summed E-state index contributed by atoms with van der Waals surface area (Å²) in [6.45, 7) is 0. The number of hydrogen-bond donors (Lipinski definition) is 0. The molecule has 0 amide bonds. The number of piperidine rings is 1. The second kappa shape index (κ2) is 8.12. The number of nitrogens with zero attached hydrogens (tertiary/aromatic N) is 1. The first-order valence-corrected chi connectivity index (χ1v) is 8.82. The maximum absolute atomic E-state index is 2.59. The minimum absolute atomic E-state index is 0.574. The summed E-state index contributed by atoms with van der Waals surface area (Å²) in [5.74, 6) is 0. The Morgan fingerprint density at radius 3 is 2.39 bits per heavy atom. The fourth-order valence-electron chi connectivity index (χ4n) is 3.58. The summed E-state index contributed by atoms with van der Waals surface area (Å²) in [6, 6.07) is 22.8. The summed E-state index contributed by atoms with van der Waals surface area (Å²) < 4.78 is 0. The molecule has 1 heterocycles. The molecule has 1 heteroatoms. The minimum Gasteiger partial charge on any atom is -0.297 e. The molecule has 1 saturated heterocycles. The van der Waals surface area contributed by atoms with E-state index in [4.69, 9.17) is 0 Å². The lowest BCUT2D eigenvalue weighted by Crippen LogP contribution is -2.43. The van der Waals surface area contributed by atoms with Gasteiger partial charge in [0.1, 0.15) is 0 Å². The molecular weight excluding hydrogens is 278 g/mol. The molecule has 0 unspecified atom stereocenters. The second-order valence-corrected chi connectivity index (χ2v) is 6.61. The number of aryl methyl sites for hydroxylation is 1. The molecule has 1 aliphatic rings. The fraction of sp³-hybridized carbons (Fsp3) is 0.364. The average molecular weight is 305 g/mol. The zero-order chi connectivity index (χ0) is 15.9. The van der Waals surface area contributed by atoms with Crippen molar-refractivity contribution in [1.29, 1.82) is 0 Å². The van der Waals surface area contributed by atoms with Crippen molar-refractivity contribution in [2.75, 3.05) is 7.05 Å². The molecular formula is C22H27N. The van der Waals surface area contributed by atoms with Crippen LogP contribution in [0, 0.1) is 0 Å². The highest BCUT2D eigenvalue weighted by molar-refractivity contribution is 5.49. The fourth-order valence-corrected chi connectivity index (χ4v) is 3.58. The standard InChI is InChI=1S/C22H27N/c1-23-21(17-15-19-9-4-2-5-10-19)13-8-14-22(23)18-16-20-11-6-3-7-12-20/h2-7,9-12,15,17,21-22H,8,13-14,16,18H2,1H3/b17-15+/t21-,22-/m0/s1. The number of rotatable bonds is 5. The van der Waals surface area contributed by atoms with E-state index in [1.807, 2.05) is 0 Å². The van der Waals surface area contributed by atoms with Crippen molar-refractivity contribution in [2.45, 2.75) is 44.2 Å². The Balaban J connectivity index is 1.57. The van der Waals surface area contributed by atoms with Crippen LogP contribution in [0.2, 0.25) is 0 Å². The molecule has 0 aliphatic carbocycles. The van der Waals surface area contributed by atoms with Crippen LogP contribution < -0.4 is 0 Å². The van der Waals surface area contributed by atoms with Crippen LogP contribution >= 0.6 is 0 Å². The van der Waals surface area contributed by atoms with Crippen LogP contribution in [0.3, 0.4) is 0 Å². The van der Waals surface area contributed by atoms with E-state index in [2.05, 4.69) is 84.8 Å². The van der Waals surface area contributed by atoms with Crippen molar-refractivity contribution in [2.24, 2.45) is 0 Å². The van der Waals surface area contributed by atoms with E-state index in [-0.39, 0.29) is 0 Å². The van der Waals surface area contributed by atoms with Crippen LogP contribution in [0.15, 0.2) is 66.7 Å². The average Bonchev–Trinajstić information content (AvgIpc) is 2.61. The van der Waals surface area contributed by atoms with Crippen LogP contribution in [0.4, 0.5) is 0 Å². The van der Waals surface area contributed by atoms with Crippen molar-refractivity contribution in [3.63, 3.8) is 0 Å². The van der Waals surface area contributed by atoms with E-state index >= 15 is 0 Å². The Hall–Kier alpha value is -1.86. The Morgan fingerprint density at radius 2 is 1.65 bits per heavy atom. The second-order valence-electron chi connectivity index (χ2n) is 6.61. The molecule has 0 radical (unpaired) electrons. The lowest BCUT2D eigenvalue weighted by molar-refractivity contribution is 0.136. The van der Waals surface area contributed by atoms with Crippen molar-refractivity contribution in [1.82, 2.24) is 4.90 Å². The lowest BCUT2D eigenvalue weighted by atomic mass is 9.91. The molecule has 0 spiro atoms. The Morgan fingerprint density at radius 1 is 0.957 bits per heavy atom. The smallest absolute Gasteiger partial charge is 0.0281 e. The van der Waals surface area contributed by atoms with Gasteiger partial charge in [0.05, 0.1) is 0 Å². The summed E-state index contributed by atoms with van der Waals surface area (Å²) in [7, 11) is 2.30. The van der Waals surface area contributed by atoms with Gasteiger partial charge in [-0.1, -0.05) is 79.2 Å². The summed E-state index contributed by atoms with van der Waals surface area (Å²) in [5.41, 5.74) is 2.76. The largest absolute Gasteiger partial charge is 0.297 e. The van der Waals surface area contributed by atoms with Gasteiger partial charge in [0.2, 0.25) is 0 Å². The SMILES string of the molecule is CN1[C@H](CCc2ccccc2)CCC[C@H]1/C=C/c1ccccc1. The summed E-state index contributed by atoms with van der Waals surface area (Å²) in [5, 5.41) is 0. The molecule has 0 N–H and O–H groups in total. The molecule has 23 heavy (non-hydrogen) atoms. The quantitative estimate of drug-likeness (QED) is 0.735. The third-order valence-electron chi connectivity index (χ3n) is 5.06. The van der Waals surface area contributed by atoms with Gasteiger partial charge in [-0.05, 0) is 43.9 Å². The van der Waals surface area contributed by atoms with Gasteiger partial charge >= 0.3 is 0 Å². The van der Waals surface area contributed by atoms with E-state index in [0.29, 0.717) is 12.1 Å². The molecule has 2 atom stereocenters. The highest BCUT2D eigenvalue weighted by atomic mass is 15.2. The lowest BCUT2D eigenvalue weighted by Gasteiger charge is -2.38. The molecule has 3 rings (SSSR count). The van der Waals surface area contributed by atoms with Crippen LogP contribution in [0.5, 0.6) is 0 Å². The first-order chi connectivity index (χ1) is 11.3. The number of likely N-dealkylation sites (N-methyl/N-ethyl adjacent to an activating group) is 1. The molecule has 120 valence electrons. The molecule has 1 nitrogen and oxygen atoms in total. The van der Waals surface area contributed by atoms with Crippen LogP contribution in [0.1, 0.15) is 36.8 Å². The third-order valence-corrected chi connectivity index (χ3v) is 5.06. The normalized spacial score (nSPS) is 22.5. The van der Waals surface area contributed by atoms with Crippen molar-refractivity contribution in [3.05, 3.63) is 77.9 Å². The predicted molar refractivity (Wildman–Crippen MR) is 99.4 cm³/mol. The van der Waals surface area contributed by atoms with E-state index in [9.17, 15) is 0 Å². The highest BCUT2D eigenvalue weighted by Crippen LogP contribution is 2.25. The number of benzene rings is 2. The van der Waals surface area contributed by atoms with Gasteiger partial charge in [0.15, 0.2) is 0 Å². The van der Waals surface area contributed by atoms with Gasteiger partial charge < -0.3 is 0 Å². The first-order valence-electron chi connectivity index (χ1n) is 8.82. The topological polar surface area (TPSA) is 3.24 Å². The number of hydrogen-bond acceptors (Lipinski definition) is 1. The zero-order valence-corrected chi connectivity index (χ0v) is 14.1. The molecule has 1 fully saturated rings. The van der Waals surface area contributed by atoms with Gasteiger partial charge in [-0.2, -0.15) is 0 Å². The van der Waals surface area contributed by atoms with E-state index in [0.717, 1.165) is 0 Å². The molecule has 0 bridgehead atoms. The summed E-state index contributed by atoms with van der Waals surface area (Å²) in [4.78, 5) is 2.59. The summed E-state index contributed by atoms with van der Waals surface area (Å²) in [6.07, 6.45) is 11.1. The van der Waals surface area contributed by atoms with Gasteiger partial charge in [-0.25, -0.2) is 0 Å². The van der Waals surface area contributed by atoms with Crippen LogP contribution in [0.25, 0.3) is 6.08 Å². The van der Waals surface area contributed by atoms with Gasteiger partial charge in [-0.3, -0.25) is 4.90 Å². The van der Waals surface area contributed by atoms with Crippen molar-refractivity contribution >= 4 is 6.08 Å². The Bertz CT molecular complexity index is 602. The molecule has 1 aliphatic heterocycles. The monoisotopic (exact) mass is 305 g/mol. The molecule has 2 aromatic carbocycles. The van der Waals surface area contributed by atoms with Crippen molar-refractivity contribution in [3.8, 4) is 0 Å². The van der Waals surface area contributed by atoms with Crippen LogP contribution in [-0.2, 0) is 6.42 Å². The maximum Gasteiger partial charge on any atom is 0.0281 e.